The summed E-state index contributed by atoms with van der Waals surface area (Å²) in [5, 5.41) is 2.58. The molecule has 2 atom stereocenters. The molecule has 1 aromatic heterocycles. The fourth-order valence-electron chi connectivity index (χ4n) is 4.57. The molecule has 0 radical (unpaired) electrons. The zero-order valence-corrected chi connectivity index (χ0v) is 23.7. The Labute approximate surface area is 236 Å². The molecule has 0 aliphatic heterocycles. The number of hydrogen-bond acceptors (Lipinski definition) is 0. The van der Waals surface area contributed by atoms with Gasteiger partial charge in [-0.25, -0.2) is 0 Å². The number of para-hydroxylation sites is 2. The van der Waals surface area contributed by atoms with Crippen LogP contribution < -0.4 is 9.27 Å². The molecule has 0 amide bonds. The van der Waals surface area contributed by atoms with Crippen LogP contribution in [-0.4, -0.2) is 7.54 Å². The molecule has 40 heavy (non-hydrogen) atoms. The Hall–Kier alpha value is -3.67. The van der Waals surface area contributed by atoms with Crippen LogP contribution >= 0.6 is 0 Å². The lowest BCUT2D eigenvalue weighted by molar-refractivity contribution is -0.635. The summed E-state index contributed by atoms with van der Waals surface area (Å²) >= 11 is 0. The van der Waals surface area contributed by atoms with Gasteiger partial charge >= 0.3 is 7.54 Å². The summed E-state index contributed by atoms with van der Waals surface area (Å²) in [5.41, 5.74) is 6.79. The SMILES string of the molecule is CCC(C)c1ccc(C[n+]2c3ccccc3cc3ccccc32)cc1.CCC(C)c1ccccc1.FB(F)F.[F-]. The summed E-state index contributed by atoms with van der Waals surface area (Å²) < 4.78 is 31.4. The van der Waals surface area contributed by atoms with Gasteiger partial charge in [-0.2, -0.15) is 4.57 Å². The molecule has 210 valence electrons. The van der Waals surface area contributed by atoms with Crippen LogP contribution in [0.4, 0.5) is 12.9 Å². The molecule has 0 aliphatic carbocycles. The van der Waals surface area contributed by atoms with Crippen LogP contribution in [0.5, 0.6) is 0 Å². The molecule has 1 nitrogen and oxygen atoms in total. The maximum Gasteiger partial charge on any atom is 0.762 e. The maximum absolute atomic E-state index is 9.67. The molecule has 0 saturated heterocycles. The van der Waals surface area contributed by atoms with Gasteiger partial charge in [0.25, 0.3) is 0 Å². The van der Waals surface area contributed by atoms with Crippen molar-refractivity contribution in [1.82, 2.24) is 0 Å². The Kier molecular flexibility index (Phi) is 13.4. The van der Waals surface area contributed by atoms with Gasteiger partial charge in [0.1, 0.15) is 0 Å². The second-order valence-electron chi connectivity index (χ2n) is 9.87. The molecule has 5 rings (SSSR count). The fourth-order valence-corrected chi connectivity index (χ4v) is 4.57. The topological polar surface area (TPSA) is 3.88 Å². The van der Waals surface area contributed by atoms with E-state index in [9.17, 15) is 12.9 Å². The molecule has 4 aromatic carbocycles. The third kappa shape index (κ3) is 9.22. The van der Waals surface area contributed by atoms with E-state index in [1.165, 1.54) is 51.3 Å². The van der Waals surface area contributed by atoms with Gasteiger partial charge in [-0.3, -0.25) is 12.9 Å². The molecule has 0 spiro atoms. The molecule has 0 aliphatic rings. The summed E-state index contributed by atoms with van der Waals surface area (Å²) in [6, 6.07) is 39.4. The highest BCUT2D eigenvalue weighted by molar-refractivity contribution is 6.33. The normalized spacial score (nSPS) is 11.8. The fraction of sp³-hybridized carbons (Fsp3) is 0.265. The van der Waals surface area contributed by atoms with Crippen LogP contribution in [0.1, 0.15) is 69.1 Å². The van der Waals surface area contributed by atoms with Crippen molar-refractivity contribution in [2.24, 2.45) is 0 Å². The predicted molar refractivity (Wildman–Crippen MR) is 160 cm³/mol. The molecule has 0 N–H and O–H groups in total. The predicted octanol–water partition coefficient (Wildman–Crippen LogP) is 6.93. The Morgan fingerprint density at radius 1 is 0.600 bits per heavy atom. The highest BCUT2D eigenvalue weighted by Gasteiger charge is 2.15. The molecule has 0 fully saturated rings. The number of pyridine rings is 1. The number of hydrogen-bond donors (Lipinski definition) is 0. The van der Waals surface area contributed by atoms with Gasteiger partial charge in [0.05, 0.1) is 0 Å². The van der Waals surface area contributed by atoms with Crippen molar-refractivity contribution in [3.63, 3.8) is 0 Å². The molecular formula is C34H38BF4N. The van der Waals surface area contributed by atoms with Crippen molar-refractivity contribution in [1.29, 1.82) is 0 Å². The Balaban J connectivity index is 0.000000312. The van der Waals surface area contributed by atoms with E-state index < -0.39 is 7.54 Å². The van der Waals surface area contributed by atoms with Crippen LogP contribution in [0.25, 0.3) is 21.8 Å². The van der Waals surface area contributed by atoms with Gasteiger partial charge in [0.15, 0.2) is 6.54 Å². The van der Waals surface area contributed by atoms with E-state index in [0.29, 0.717) is 11.8 Å². The molecular weight excluding hydrogens is 509 g/mol. The number of halogens is 4. The van der Waals surface area contributed by atoms with Crippen molar-refractivity contribution in [2.45, 2.75) is 58.9 Å². The maximum atomic E-state index is 9.67. The van der Waals surface area contributed by atoms with Gasteiger partial charge in [-0.05, 0) is 54.0 Å². The summed E-state index contributed by atoms with van der Waals surface area (Å²) in [6.07, 6.45) is 2.41. The Bertz CT molecular complexity index is 1370. The third-order valence-corrected chi connectivity index (χ3v) is 7.25. The van der Waals surface area contributed by atoms with Crippen molar-refractivity contribution >= 4 is 29.3 Å². The number of fused-ring (bicyclic) bond motifs is 2. The van der Waals surface area contributed by atoms with Gasteiger partial charge in [0.2, 0.25) is 11.0 Å². The molecule has 1 heterocycles. The smallest absolute Gasteiger partial charge is 0.762 e. The van der Waals surface area contributed by atoms with E-state index in [4.69, 9.17) is 0 Å². The van der Waals surface area contributed by atoms with Crippen molar-refractivity contribution < 1.29 is 22.2 Å². The van der Waals surface area contributed by atoms with Crippen molar-refractivity contribution in [3.8, 4) is 0 Å². The quantitative estimate of drug-likeness (QED) is 0.0940. The molecule has 6 heteroatoms. The van der Waals surface area contributed by atoms with Crippen LogP contribution in [0.15, 0.2) is 109 Å². The van der Waals surface area contributed by atoms with Crippen LogP contribution in [0.2, 0.25) is 0 Å². The highest BCUT2D eigenvalue weighted by atomic mass is 19.4. The molecule has 5 aromatic rings. The zero-order chi connectivity index (χ0) is 28.2. The van der Waals surface area contributed by atoms with Gasteiger partial charge in [-0.15, -0.1) is 0 Å². The average molecular weight is 547 g/mol. The van der Waals surface area contributed by atoms with Gasteiger partial charge < -0.3 is 4.70 Å². The second kappa shape index (κ2) is 16.4. The largest absolute Gasteiger partial charge is 1.00 e. The first-order valence-electron chi connectivity index (χ1n) is 13.7. The lowest BCUT2D eigenvalue weighted by Crippen LogP contribution is -3.00. The summed E-state index contributed by atoms with van der Waals surface area (Å²) in [7, 11) is -3.67. The number of nitrogens with zero attached hydrogens (tertiary/aromatic N) is 1. The van der Waals surface area contributed by atoms with Crippen LogP contribution in [0.3, 0.4) is 0 Å². The summed E-state index contributed by atoms with van der Waals surface area (Å²) in [6.45, 7) is 9.91. The van der Waals surface area contributed by atoms with Gasteiger partial charge in [0, 0.05) is 28.5 Å². The second-order valence-corrected chi connectivity index (χ2v) is 9.87. The van der Waals surface area contributed by atoms with Crippen molar-refractivity contribution in [2.75, 3.05) is 0 Å². The lowest BCUT2D eigenvalue weighted by Gasteiger charge is -2.10. The van der Waals surface area contributed by atoms with Crippen LogP contribution in [0, 0.1) is 0 Å². The highest BCUT2D eigenvalue weighted by Crippen LogP contribution is 2.21. The minimum atomic E-state index is -3.67. The first-order chi connectivity index (χ1) is 18.8. The number of aromatic nitrogens is 1. The number of rotatable bonds is 6. The molecule has 0 saturated carbocycles. The first-order valence-corrected chi connectivity index (χ1v) is 13.7. The van der Waals surface area contributed by atoms with Crippen LogP contribution in [-0.2, 0) is 6.54 Å². The van der Waals surface area contributed by atoms with E-state index in [1.54, 1.807) is 0 Å². The minimum absolute atomic E-state index is 0. The standard InChI is InChI=1S/C24H24N.C10H14.BF3.FH/c1-3-18(2)20-14-12-19(13-15-20)17-25-23-10-6-4-8-21(23)16-22-9-5-7-11-24(22)25;1-3-9(2)10-7-5-4-6-8-10;2-1(3)4;/h4-16,18H,3,17H2,1-2H3;4-9H,3H2,1-2H3;;1H/q+1;;;/p-1. The van der Waals surface area contributed by atoms with E-state index in [2.05, 4.69) is 141 Å². The molecule has 0 bridgehead atoms. The summed E-state index contributed by atoms with van der Waals surface area (Å²) in [4.78, 5) is 0. The van der Waals surface area contributed by atoms with E-state index in [-0.39, 0.29) is 4.70 Å². The summed E-state index contributed by atoms with van der Waals surface area (Å²) in [5.74, 6) is 1.33. The average Bonchev–Trinajstić information content (AvgIpc) is 2.97. The van der Waals surface area contributed by atoms with E-state index >= 15 is 0 Å². The Morgan fingerprint density at radius 3 is 1.45 bits per heavy atom. The minimum Gasteiger partial charge on any atom is -1.00 e. The Morgan fingerprint density at radius 2 is 1.00 bits per heavy atom. The lowest BCUT2D eigenvalue weighted by atomic mass is 9.97. The first kappa shape index (κ1) is 32.5. The number of benzene rings is 4. The zero-order valence-electron chi connectivity index (χ0n) is 23.7. The monoisotopic (exact) mass is 547 g/mol. The van der Waals surface area contributed by atoms with Crippen molar-refractivity contribution in [3.05, 3.63) is 126 Å². The third-order valence-electron chi connectivity index (χ3n) is 7.25. The van der Waals surface area contributed by atoms with E-state index in [1.807, 2.05) is 0 Å². The molecule has 2 unspecified atom stereocenters. The van der Waals surface area contributed by atoms with E-state index in [0.717, 1.165) is 6.54 Å². The van der Waals surface area contributed by atoms with Gasteiger partial charge in [-0.1, -0.05) is 107 Å².